The topological polar surface area (TPSA) is 0 Å². The summed E-state index contributed by atoms with van der Waals surface area (Å²) < 4.78 is 35.8. The number of rotatable bonds is 4. The average Bonchev–Trinajstić information content (AvgIpc) is 1.78. The first-order valence-electron chi connectivity index (χ1n) is 3.89. The van der Waals surface area contributed by atoms with Gasteiger partial charge in [0.2, 0.25) is 0 Å². The van der Waals surface area contributed by atoms with Crippen LogP contribution in [0.3, 0.4) is 0 Å². The summed E-state index contributed by atoms with van der Waals surface area (Å²) in [4.78, 5) is 0. The first-order valence-corrected chi connectivity index (χ1v) is 4.43. The van der Waals surface area contributed by atoms with Gasteiger partial charge in [-0.3, -0.25) is 0 Å². The van der Waals surface area contributed by atoms with Crippen LogP contribution in [0.2, 0.25) is 0 Å². The molecule has 0 amide bonds. The molecule has 4 heteroatoms. The van der Waals surface area contributed by atoms with Gasteiger partial charge >= 0.3 is 6.18 Å². The van der Waals surface area contributed by atoms with E-state index in [2.05, 4.69) is 0 Å². The summed E-state index contributed by atoms with van der Waals surface area (Å²) in [6.07, 6.45) is -3.62. The molecule has 0 aliphatic carbocycles. The lowest BCUT2D eigenvalue weighted by molar-refractivity contribution is -0.155. The smallest absolute Gasteiger partial charge is 0.171 e. The van der Waals surface area contributed by atoms with Gasteiger partial charge in [0.15, 0.2) is 0 Å². The highest BCUT2D eigenvalue weighted by Crippen LogP contribution is 2.36. The molecule has 0 radical (unpaired) electrons. The normalized spacial score (nSPS) is 13.5. The summed E-state index contributed by atoms with van der Waals surface area (Å²) in [5.74, 6) is 0.432. The van der Waals surface area contributed by atoms with Crippen LogP contribution in [0.15, 0.2) is 0 Å². The van der Waals surface area contributed by atoms with Crippen LogP contribution in [0.4, 0.5) is 13.2 Å². The summed E-state index contributed by atoms with van der Waals surface area (Å²) in [5.41, 5.74) is -0.673. The molecule has 0 fully saturated rings. The van der Waals surface area contributed by atoms with Gasteiger partial charge in [0, 0.05) is 12.3 Å². The van der Waals surface area contributed by atoms with Gasteiger partial charge < -0.3 is 0 Å². The fourth-order valence-corrected chi connectivity index (χ4v) is 1.31. The van der Waals surface area contributed by atoms with Crippen molar-refractivity contribution in [2.45, 2.75) is 39.3 Å². The number of alkyl halides is 4. The molecule has 0 N–H and O–H groups in total. The minimum Gasteiger partial charge on any atom is -0.171 e. The maximum atomic E-state index is 11.9. The first-order chi connectivity index (χ1) is 5.27. The zero-order chi connectivity index (χ0) is 9.83. The van der Waals surface area contributed by atoms with Crippen molar-refractivity contribution in [2.24, 2.45) is 5.41 Å². The summed E-state index contributed by atoms with van der Waals surface area (Å²) in [6.45, 7) is 3.24. The molecule has 0 aromatic heterocycles. The van der Waals surface area contributed by atoms with Crippen molar-refractivity contribution in [3.63, 3.8) is 0 Å². The third kappa shape index (κ3) is 6.77. The van der Waals surface area contributed by atoms with E-state index >= 15 is 0 Å². The standard InChI is InChI=1S/C8H14ClF3/c1-7(2,4-3-5-9)6-8(10,11)12/h3-6H2,1-2H3. The Morgan fingerprint density at radius 1 is 1.17 bits per heavy atom. The van der Waals surface area contributed by atoms with E-state index < -0.39 is 18.0 Å². The molecule has 0 aliphatic heterocycles. The highest BCUT2D eigenvalue weighted by atomic mass is 35.5. The number of halogens is 4. The van der Waals surface area contributed by atoms with E-state index in [0.717, 1.165) is 0 Å². The highest BCUT2D eigenvalue weighted by molar-refractivity contribution is 6.17. The van der Waals surface area contributed by atoms with Crippen molar-refractivity contribution in [2.75, 3.05) is 5.88 Å². The Labute approximate surface area is 76.1 Å². The van der Waals surface area contributed by atoms with Crippen molar-refractivity contribution < 1.29 is 13.2 Å². The van der Waals surface area contributed by atoms with E-state index in [1.807, 2.05) is 0 Å². The first kappa shape index (κ1) is 12.1. The van der Waals surface area contributed by atoms with Crippen molar-refractivity contribution in [1.82, 2.24) is 0 Å². The van der Waals surface area contributed by atoms with Gasteiger partial charge in [-0.15, -0.1) is 11.6 Å². The summed E-state index contributed by atoms with van der Waals surface area (Å²) in [7, 11) is 0. The number of hydrogen-bond acceptors (Lipinski definition) is 0. The SMILES string of the molecule is CC(C)(CCCCl)CC(F)(F)F. The lowest BCUT2D eigenvalue weighted by atomic mass is 9.84. The predicted octanol–water partition coefficient (Wildman–Crippen LogP) is 3.98. The van der Waals surface area contributed by atoms with Gasteiger partial charge in [-0.05, 0) is 18.3 Å². The van der Waals surface area contributed by atoms with Gasteiger partial charge in [0.1, 0.15) is 0 Å². The summed E-state index contributed by atoms with van der Waals surface area (Å²) >= 11 is 5.40. The lowest BCUT2D eigenvalue weighted by Crippen LogP contribution is -2.22. The monoisotopic (exact) mass is 202 g/mol. The zero-order valence-corrected chi connectivity index (χ0v) is 8.10. The average molecular weight is 203 g/mol. The Kier molecular flexibility index (Phi) is 4.38. The molecule has 0 aromatic carbocycles. The molecule has 0 rings (SSSR count). The van der Waals surface area contributed by atoms with Crippen molar-refractivity contribution in [1.29, 1.82) is 0 Å². The molecule has 0 bridgehead atoms. The van der Waals surface area contributed by atoms with Gasteiger partial charge in [0.25, 0.3) is 0 Å². The maximum absolute atomic E-state index is 11.9. The molecule has 0 aromatic rings. The van der Waals surface area contributed by atoms with Crippen molar-refractivity contribution in [3.05, 3.63) is 0 Å². The minimum absolute atomic E-state index is 0.432. The molecule has 0 saturated heterocycles. The van der Waals surface area contributed by atoms with Crippen molar-refractivity contribution in [3.8, 4) is 0 Å². The minimum atomic E-state index is -4.06. The molecule has 0 aliphatic rings. The molecule has 0 saturated carbocycles. The Morgan fingerprint density at radius 3 is 2.00 bits per heavy atom. The maximum Gasteiger partial charge on any atom is 0.389 e. The Bertz CT molecular complexity index is 129. The van der Waals surface area contributed by atoms with Crippen LogP contribution in [0.1, 0.15) is 33.1 Å². The van der Waals surface area contributed by atoms with E-state index in [-0.39, 0.29) is 0 Å². The molecule has 12 heavy (non-hydrogen) atoms. The fourth-order valence-electron chi connectivity index (χ4n) is 1.18. The zero-order valence-electron chi connectivity index (χ0n) is 7.34. The van der Waals surface area contributed by atoms with Crippen LogP contribution in [0.25, 0.3) is 0 Å². The molecule has 0 spiro atoms. The largest absolute Gasteiger partial charge is 0.389 e. The van der Waals surface area contributed by atoms with Crippen LogP contribution >= 0.6 is 11.6 Å². The molecular weight excluding hydrogens is 189 g/mol. The molecule has 0 atom stereocenters. The Morgan fingerprint density at radius 2 is 1.67 bits per heavy atom. The van der Waals surface area contributed by atoms with Crippen LogP contribution < -0.4 is 0 Å². The molecular formula is C8H14ClF3. The van der Waals surface area contributed by atoms with Gasteiger partial charge in [-0.25, -0.2) is 0 Å². The quantitative estimate of drug-likeness (QED) is 0.605. The van der Waals surface area contributed by atoms with E-state index in [0.29, 0.717) is 18.7 Å². The van der Waals surface area contributed by atoms with Crippen LogP contribution in [0.5, 0.6) is 0 Å². The van der Waals surface area contributed by atoms with E-state index in [4.69, 9.17) is 11.6 Å². The second kappa shape index (κ2) is 4.35. The third-order valence-corrected chi connectivity index (χ3v) is 1.93. The number of hydrogen-bond donors (Lipinski definition) is 0. The Hall–Kier alpha value is 0.0800. The highest BCUT2D eigenvalue weighted by Gasteiger charge is 2.35. The summed E-state index contributed by atoms with van der Waals surface area (Å²) in [6, 6.07) is 0. The van der Waals surface area contributed by atoms with E-state index in [1.165, 1.54) is 0 Å². The molecule has 0 nitrogen and oxygen atoms in total. The van der Waals surface area contributed by atoms with Gasteiger partial charge in [-0.2, -0.15) is 13.2 Å². The van der Waals surface area contributed by atoms with Crippen LogP contribution in [-0.2, 0) is 0 Å². The van der Waals surface area contributed by atoms with Crippen LogP contribution in [-0.4, -0.2) is 12.1 Å². The fraction of sp³-hybridized carbons (Fsp3) is 1.00. The van der Waals surface area contributed by atoms with E-state index in [9.17, 15) is 13.2 Å². The van der Waals surface area contributed by atoms with Crippen LogP contribution in [0, 0.1) is 5.41 Å². The van der Waals surface area contributed by atoms with E-state index in [1.54, 1.807) is 13.8 Å². The third-order valence-electron chi connectivity index (χ3n) is 1.67. The predicted molar refractivity (Wildman–Crippen MR) is 44.4 cm³/mol. The second-order valence-corrected chi connectivity index (χ2v) is 4.13. The second-order valence-electron chi connectivity index (χ2n) is 3.75. The van der Waals surface area contributed by atoms with Gasteiger partial charge in [0.05, 0.1) is 0 Å². The van der Waals surface area contributed by atoms with Crippen molar-refractivity contribution >= 4 is 11.6 Å². The molecule has 0 heterocycles. The lowest BCUT2D eigenvalue weighted by Gasteiger charge is -2.25. The Balaban J connectivity index is 3.86. The molecule has 0 unspecified atom stereocenters. The summed E-state index contributed by atoms with van der Waals surface area (Å²) in [5, 5.41) is 0. The van der Waals surface area contributed by atoms with Gasteiger partial charge in [-0.1, -0.05) is 13.8 Å². The molecule has 74 valence electrons.